The average Bonchev–Trinajstić information content (AvgIpc) is 2.28. The van der Waals surface area contributed by atoms with Gasteiger partial charge in [0.25, 0.3) is 0 Å². The van der Waals surface area contributed by atoms with Gasteiger partial charge in [-0.2, -0.15) is 18.3 Å². The zero-order valence-corrected chi connectivity index (χ0v) is 8.57. The second kappa shape index (κ2) is 5.19. The molecular formula is C9H10F3N5. The summed E-state index contributed by atoms with van der Waals surface area (Å²) in [5.41, 5.74) is 6.43. The first-order valence-electron chi connectivity index (χ1n) is 4.44. The molecule has 1 aromatic rings. The van der Waals surface area contributed by atoms with Gasteiger partial charge in [0.15, 0.2) is 0 Å². The lowest BCUT2D eigenvalue weighted by molar-refractivity contribution is -0.137. The van der Waals surface area contributed by atoms with E-state index in [1.807, 2.05) is 0 Å². The number of hydrazone groups is 2. The van der Waals surface area contributed by atoms with Crippen molar-refractivity contribution in [3.05, 3.63) is 35.4 Å². The maximum atomic E-state index is 12.5. The van der Waals surface area contributed by atoms with Crippen molar-refractivity contribution in [1.29, 1.82) is 0 Å². The fourth-order valence-corrected chi connectivity index (χ4v) is 1.06. The van der Waals surface area contributed by atoms with E-state index >= 15 is 0 Å². The molecule has 0 radical (unpaired) electrons. The molecule has 92 valence electrons. The molecule has 0 fully saturated rings. The summed E-state index contributed by atoms with van der Waals surface area (Å²) in [7, 11) is 0. The molecule has 0 aliphatic rings. The minimum atomic E-state index is -4.43. The van der Waals surface area contributed by atoms with Gasteiger partial charge in [-0.3, -0.25) is 0 Å². The van der Waals surface area contributed by atoms with Gasteiger partial charge < -0.3 is 11.6 Å². The summed E-state index contributed by atoms with van der Waals surface area (Å²) in [6.07, 6.45) is -3.45. The molecule has 0 heterocycles. The average molecular weight is 245 g/mol. The van der Waals surface area contributed by atoms with Gasteiger partial charge in [-0.25, -0.2) is 5.43 Å². The number of guanidine groups is 1. The fraction of sp³-hybridized carbons (Fsp3) is 0.111. The summed E-state index contributed by atoms with van der Waals surface area (Å²) in [5, 5.41) is 6.51. The second-order valence-corrected chi connectivity index (χ2v) is 2.97. The highest BCUT2D eigenvalue weighted by Crippen LogP contribution is 2.30. The van der Waals surface area contributed by atoms with Crippen LogP contribution in [0.1, 0.15) is 11.1 Å². The Morgan fingerprint density at radius 3 is 2.53 bits per heavy atom. The van der Waals surface area contributed by atoms with Gasteiger partial charge in [0.1, 0.15) is 0 Å². The SMILES string of the molecule is NN=C(N)NN=Cc1ccccc1C(F)(F)F. The topological polar surface area (TPSA) is 88.8 Å². The number of halogens is 3. The van der Waals surface area contributed by atoms with Crippen LogP contribution in [0.15, 0.2) is 34.5 Å². The van der Waals surface area contributed by atoms with Crippen LogP contribution in [-0.4, -0.2) is 12.2 Å². The lowest BCUT2D eigenvalue weighted by atomic mass is 10.1. The maximum Gasteiger partial charge on any atom is 0.417 e. The van der Waals surface area contributed by atoms with Gasteiger partial charge in [-0.05, 0) is 6.07 Å². The monoisotopic (exact) mass is 245 g/mol. The summed E-state index contributed by atoms with van der Waals surface area (Å²) in [6.45, 7) is 0. The molecule has 1 rings (SSSR count). The second-order valence-electron chi connectivity index (χ2n) is 2.97. The Morgan fingerprint density at radius 2 is 1.94 bits per heavy atom. The lowest BCUT2D eigenvalue weighted by Gasteiger charge is -2.09. The standard InChI is InChI=1S/C9H10F3N5/c10-9(11,12)7-4-2-1-3-6(7)5-15-17-8(13)16-14/h1-5H,14H2,(H3,13,16,17). The Bertz CT molecular complexity index is 439. The van der Waals surface area contributed by atoms with E-state index in [2.05, 4.69) is 15.6 Å². The van der Waals surface area contributed by atoms with Crippen LogP contribution in [0.2, 0.25) is 0 Å². The first-order chi connectivity index (χ1) is 7.95. The van der Waals surface area contributed by atoms with Crippen LogP contribution < -0.4 is 17.0 Å². The van der Waals surface area contributed by atoms with Gasteiger partial charge in [0.2, 0.25) is 5.96 Å². The van der Waals surface area contributed by atoms with Crippen molar-refractivity contribution in [1.82, 2.24) is 5.43 Å². The zero-order chi connectivity index (χ0) is 12.9. The molecular weight excluding hydrogens is 235 g/mol. The number of nitrogens with two attached hydrogens (primary N) is 2. The molecule has 5 N–H and O–H groups in total. The minimum Gasteiger partial charge on any atom is -0.367 e. The predicted molar refractivity (Wildman–Crippen MR) is 58.0 cm³/mol. The smallest absolute Gasteiger partial charge is 0.367 e. The number of nitrogens with one attached hydrogen (secondary N) is 1. The Labute approximate surface area is 95.0 Å². The van der Waals surface area contributed by atoms with E-state index in [9.17, 15) is 13.2 Å². The van der Waals surface area contributed by atoms with Gasteiger partial charge >= 0.3 is 6.18 Å². The van der Waals surface area contributed by atoms with Gasteiger partial charge in [-0.15, -0.1) is 5.10 Å². The number of rotatable bonds is 2. The van der Waals surface area contributed by atoms with Crippen molar-refractivity contribution in [2.75, 3.05) is 0 Å². The third-order valence-electron chi connectivity index (χ3n) is 1.79. The summed E-state index contributed by atoms with van der Waals surface area (Å²) in [6, 6.07) is 5.01. The summed E-state index contributed by atoms with van der Waals surface area (Å²) in [4.78, 5) is 0. The van der Waals surface area contributed by atoms with Crippen molar-refractivity contribution >= 4 is 12.2 Å². The summed E-state index contributed by atoms with van der Waals surface area (Å²) in [5.74, 6) is 4.59. The van der Waals surface area contributed by atoms with E-state index in [1.54, 1.807) is 0 Å². The van der Waals surface area contributed by atoms with E-state index in [0.29, 0.717) is 0 Å². The number of alkyl halides is 3. The van der Waals surface area contributed by atoms with E-state index in [-0.39, 0.29) is 11.5 Å². The Hall–Kier alpha value is -2.25. The maximum absolute atomic E-state index is 12.5. The highest BCUT2D eigenvalue weighted by molar-refractivity contribution is 5.84. The van der Waals surface area contributed by atoms with Crippen LogP contribution in [0.4, 0.5) is 13.2 Å². The van der Waals surface area contributed by atoms with Crippen molar-refractivity contribution in [2.45, 2.75) is 6.18 Å². The van der Waals surface area contributed by atoms with Crippen LogP contribution in [0.3, 0.4) is 0 Å². The first kappa shape index (κ1) is 12.8. The highest BCUT2D eigenvalue weighted by Gasteiger charge is 2.32. The molecule has 0 saturated heterocycles. The van der Waals surface area contributed by atoms with Crippen LogP contribution in [0.5, 0.6) is 0 Å². The molecule has 0 amide bonds. The van der Waals surface area contributed by atoms with E-state index in [0.717, 1.165) is 12.3 Å². The molecule has 0 aliphatic heterocycles. The van der Waals surface area contributed by atoms with Gasteiger partial charge in [0.05, 0.1) is 11.8 Å². The first-order valence-corrected chi connectivity index (χ1v) is 4.44. The van der Waals surface area contributed by atoms with E-state index < -0.39 is 11.7 Å². The Morgan fingerprint density at radius 1 is 1.29 bits per heavy atom. The number of hydrogen-bond acceptors (Lipinski definition) is 3. The van der Waals surface area contributed by atoms with Crippen LogP contribution >= 0.6 is 0 Å². The number of hydrogen-bond donors (Lipinski definition) is 3. The molecule has 17 heavy (non-hydrogen) atoms. The quantitative estimate of drug-likeness (QED) is 0.312. The van der Waals surface area contributed by atoms with Crippen molar-refractivity contribution in [3.8, 4) is 0 Å². The fourth-order valence-electron chi connectivity index (χ4n) is 1.06. The van der Waals surface area contributed by atoms with Crippen LogP contribution in [0.25, 0.3) is 0 Å². The summed E-state index contributed by atoms with van der Waals surface area (Å²) >= 11 is 0. The molecule has 0 spiro atoms. The van der Waals surface area contributed by atoms with Crippen LogP contribution in [0, 0.1) is 0 Å². The molecule has 0 atom stereocenters. The third-order valence-corrected chi connectivity index (χ3v) is 1.79. The van der Waals surface area contributed by atoms with Crippen molar-refractivity contribution in [2.24, 2.45) is 21.8 Å². The van der Waals surface area contributed by atoms with Gasteiger partial charge in [0, 0.05) is 5.56 Å². The molecule has 0 aliphatic carbocycles. The molecule has 8 heteroatoms. The number of benzene rings is 1. The molecule has 1 aromatic carbocycles. The number of nitrogens with zero attached hydrogens (tertiary/aromatic N) is 2. The molecule has 5 nitrogen and oxygen atoms in total. The van der Waals surface area contributed by atoms with Crippen molar-refractivity contribution < 1.29 is 13.2 Å². The molecule has 0 aromatic heterocycles. The van der Waals surface area contributed by atoms with Crippen molar-refractivity contribution in [3.63, 3.8) is 0 Å². The molecule has 0 bridgehead atoms. The minimum absolute atomic E-state index is 0.0858. The van der Waals surface area contributed by atoms with E-state index in [4.69, 9.17) is 11.6 Å². The van der Waals surface area contributed by atoms with E-state index in [1.165, 1.54) is 18.2 Å². The zero-order valence-electron chi connectivity index (χ0n) is 8.57. The molecule has 0 unspecified atom stereocenters. The Kier molecular flexibility index (Phi) is 3.91. The lowest BCUT2D eigenvalue weighted by Crippen LogP contribution is -2.28. The normalized spacial score (nSPS) is 13.0. The molecule has 0 saturated carbocycles. The Balaban J connectivity index is 2.92. The third kappa shape index (κ3) is 3.67. The highest BCUT2D eigenvalue weighted by atomic mass is 19.4. The van der Waals surface area contributed by atoms with Crippen LogP contribution in [-0.2, 0) is 6.18 Å². The van der Waals surface area contributed by atoms with Gasteiger partial charge in [-0.1, -0.05) is 18.2 Å². The largest absolute Gasteiger partial charge is 0.417 e. The summed E-state index contributed by atoms with van der Waals surface area (Å²) < 4.78 is 37.6. The predicted octanol–water partition coefficient (Wildman–Crippen LogP) is 0.817.